The van der Waals surface area contributed by atoms with Crippen LogP contribution in [0.4, 0.5) is 10.5 Å². The van der Waals surface area contributed by atoms with Crippen LogP contribution in [0.15, 0.2) is 48.5 Å². The second kappa shape index (κ2) is 8.44. The molecular formula is C18H19N3O2. The van der Waals surface area contributed by atoms with Gasteiger partial charge in [0.1, 0.15) is 18.4 Å². The lowest BCUT2D eigenvalue weighted by Gasteiger charge is -2.10. The van der Waals surface area contributed by atoms with Crippen LogP contribution in [0.3, 0.4) is 0 Å². The molecule has 2 N–H and O–H groups in total. The summed E-state index contributed by atoms with van der Waals surface area (Å²) in [7, 11) is 0. The van der Waals surface area contributed by atoms with Crippen molar-refractivity contribution in [2.24, 2.45) is 0 Å². The van der Waals surface area contributed by atoms with Crippen molar-refractivity contribution in [3.05, 3.63) is 59.7 Å². The average Bonchev–Trinajstić information content (AvgIpc) is 2.59. The number of nitriles is 1. The third kappa shape index (κ3) is 5.04. The molecule has 5 nitrogen and oxygen atoms in total. The molecule has 5 heteroatoms. The summed E-state index contributed by atoms with van der Waals surface area (Å²) in [6.07, 6.45) is 0.955. The molecule has 0 unspecified atom stereocenters. The molecule has 0 heterocycles. The number of rotatable bonds is 6. The van der Waals surface area contributed by atoms with Gasteiger partial charge in [0.2, 0.25) is 0 Å². The Bertz CT molecular complexity index is 707. The van der Waals surface area contributed by atoms with Crippen molar-refractivity contribution in [2.45, 2.75) is 13.3 Å². The van der Waals surface area contributed by atoms with E-state index in [1.165, 1.54) is 5.56 Å². The van der Waals surface area contributed by atoms with Crippen LogP contribution in [0.1, 0.15) is 18.1 Å². The summed E-state index contributed by atoms with van der Waals surface area (Å²) in [6, 6.07) is 16.4. The Morgan fingerprint density at radius 1 is 1.22 bits per heavy atom. The Labute approximate surface area is 135 Å². The number of nitrogens with one attached hydrogen (secondary N) is 2. The summed E-state index contributed by atoms with van der Waals surface area (Å²) in [5.74, 6) is 0.793. The number of amides is 2. The number of aryl methyl sites for hydroxylation is 1. The third-order valence-electron chi connectivity index (χ3n) is 3.26. The number of carbonyl (C=O) groups excluding carboxylic acids is 1. The standard InChI is InChI=1S/C18H19N3O2/c1-2-14-6-5-8-16(12-14)23-11-10-20-18(22)21-17-9-4-3-7-15(17)13-19/h3-9,12H,2,10-11H2,1H3,(H2,20,21,22). The van der Waals surface area contributed by atoms with Crippen LogP contribution in [0.5, 0.6) is 5.75 Å². The molecule has 0 aliphatic heterocycles. The van der Waals surface area contributed by atoms with E-state index in [2.05, 4.69) is 17.6 Å². The van der Waals surface area contributed by atoms with Crippen molar-refractivity contribution in [1.82, 2.24) is 5.32 Å². The van der Waals surface area contributed by atoms with E-state index in [4.69, 9.17) is 10.00 Å². The van der Waals surface area contributed by atoms with Crippen molar-refractivity contribution >= 4 is 11.7 Å². The maximum Gasteiger partial charge on any atom is 0.319 e. The highest BCUT2D eigenvalue weighted by atomic mass is 16.5. The molecule has 0 atom stereocenters. The fourth-order valence-electron chi connectivity index (χ4n) is 2.04. The molecule has 0 radical (unpaired) electrons. The second-order valence-corrected chi connectivity index (χ2v) is 4.89. The summed E-state index contributed by atoms with van der Waals surface area (Å²) in [6.45, 7) is 2.83. The first-order valence-corrected chi connectivity index (χ1v) is 7.48. The van der Waals surface area contributed by atoms with Crippen LogP contribution in [0, 0.1) is 11.3 Å². The Morgan fingerprint density at radius 2 is 2.04 bits per heavy atom. The van der Waals surface area contributed by atoms with Crippen LogP contribution in [0.25, 0.3) is 0 Å². The minimum Gasteiger partial charge on any atom is -0.492 e. The van der Waals surface area contributed by atoms with Gasteiger partial charge in [0.05, 0.1) is 17.8 Å². The highest BCUT2D eigenvalue weighted by Crippen LogP contribution is 2.14. The fourth-order valence-corrected chi connectivity index (χ4v) is 2.04. The first kappa shape index (κ1) is 16.4. The van der Waals surface area contributed by atoms with Crippen molar-refractivity contribution in [2.75, 3.05) is 18.5 Å². The van der Waals surface area contributed by atoms with Crippen molar-refractivity contribution in [3.8, 4) is 11.8 Å². The van der Waals surface area contributed by atoms with Crippen LogP contribution < -0.4 is 15.4 Å². The summed E-state index contributed by atoms with van der Waals surface area (Å²) in [4.78, 5) is 11.8. The molecule has 0 saturated carbocycles. The fraction of sp³-hybridized carbons (Fsp3) is 0.222. The normalized spacial score (nSPS) is 9.74. The van der Waals surface area contributed by atoms with Gasteiger partial charge in [-0.25, -0.2) is 4.79 Å². The Kier molecular flexibility index (Phi) is 6.01. The van der Waals surface area contributed by atoms with Crippen molar-refractivity contribution in [1.29, 1.82) is 5.26 Å². The zero-order valence-electron chi connectivity index (χ0n) is 13.0. The van der Waals surface area contributed by atoms with E-state index < -0.39 is 0 Å². The molecule has 0 aliphatic rings. The largest absolute Gasteiger partial charge is 0.492 e. The maximum atomic E-state index is 11.8. The van der Waals surface area contributed by atoms with Gasteiger partial charge in [-0.1, -0.05) is 31.2 Å². The molecule has 2 aromatic rings. The van der Waals surface area contributed by atoms with E-state index in [1.54, 1.807) is 24.3 Å². The molecule has 0 bridgehead atoms. The molecule has 0 fully saturated rings. The van der Waals surface area contributed by atoms with Crippen molar-refractivity contribution < 1.29 is 9.53 Å². The number of anilines is 1. The van der Waals surface area contributed by atoms with Crippen LogP contribution in [-0.2, 0) is 6.42 Å². The summed E-state index contributed by atoms with van der Waals surface area (Å²) in [5.41, 5.74) is 2.13. The predicted molar refractivity (Wildman–Crippen MR) is 89.5 cm³/mol. The van der Waals surface area contributed by atoms with Crippen LogP contribution >= 0.6 is 0 Å². The van der Waals surface area contributed by atoms with Crippen LogP contribution in [0.2, 0.25) is 0 Å². The predicted octanol–water partition coefficient (Wildman–Crippen LogP) is 3.32. The van der Waals surface area contributed by atoms with Gasteiger partial charge >= 0.3 is 6.03 Å². The number of urea groups is 1. The quantitative estimate of drug-likeness (QED) is 0.804. The molecule has 23 heavy (non-hydrogen) atoms. The van der Waals surface area contributed by atoms with E-state index >= 15 is 0 Å². The van der Waals surface area contributed by atoms with E-state index in [9.17, 15) is 4.79 Å². The zero-order valence-corrected chi connectivity index (χ0v) is 13.0. The molecule has 0 aliphatic carbocycles. The number of hydrogen-bond acceptors (Lipinski definition) is 3. The van der Waals surface area contributed by atoms with Gasteiger partial charge in [0, 0.05) is 0 Å². The monoisotopic (exact) mass is 309 g/mol. The third-order valence-corrected chi connectivity index (χ3v) is 3.26. The smallest absolute Gasteiger partial charge is 0.319 e. The van der Waals surface area contributed by atoms with E-state index in [0.717, 1.165) is 12.2 Å². The summed E-state index contributed by atoms with van der Waals surface area (Å²) >= 11 is 0. The Hall–Kier alpha value is -3.00. The molecule has 0 aromatic heterocycles. The van der Waals surface area contributed by atoms with Gasteiger partial charge in [-0.05, 0) is 36.2 Å². The lowest BCUT2D eigenvalue weighted by Crippen LogP contribution is -2.32. The number of ether oxygens (including phenoxy) is 1. The van der Waals surface area contributed by atoms with Gasteiger partial charge < -0.3 is 15.4 Å². The van der Waals surface area contributed by atoms with Gasteiger partial charge in [-0.15, -0.1) is 0 Å². The maximum absolute atomic E-state index is 11.8. The molecule has 2 amide bonds. The van der Waals surface area contributed by atoms with Crippen LogP contribution in [-0.4, -0.2) is 19.2 Å². The number of benzene rings is 2. The Balaban J connectivity index is 1.76. The lowest BCUT2D eigenvalue weighted by atomic mass is 10.2. The number of hydrogen-bond donors (Lipinski definition) is 2. The summed E-state index contributed by atoms with van der Waals surface area (Å²) in [5, 5.41) is 14.3. The van der Waals surface area contributed by atoms with Gasteiger partial charge in [0.15, 0.2) is 0 Å². The van der Waals surface area contributed by atoms with E-state index in [0.29, 0.717) is 24.4 Å². The first-order valence-electron chi connectivity index (χ1n) is 7.48. The molecule has 2 aromatic carbocycles. The minimum absolute atomic E-state index is 0.362. The van der Waals surface area contributed by atoms with E-state index in [-0.39, 0.29) is 6.03 Å². The molecule has 118 valence electrons. The average molecular weight is 309 g/mol. The van der Waals surface area contributed by atoms with E-state index in [1.807, 2.05) is 30.3 Å². The number of para-hydroxylation sites is 1. The second-order valence-electron chi connectivity index (χ2n) is 4.89. The van der Waals surface area contributed by atoms with Crippen molar-refractivity contribution in [3.63, 3.8) is 0 Å². The molecule has 2 rings (SSSR count). The highest BCUT2D eigenvalue weighted by molar-refractivity contribution is 5.90. The first-order chi connectivity index (χ1) is 11.2. The molecule has 0 saturated heterocycles. The SMILES string of the molecule is CCc1cccc(OCCNC(=O)Nc2ccccc2C#N)c1. The number of carbonyl (C=O) groups is 1. The van der Waals surface area contributed by atoms with Gasteiger partial charge in [-0.2, -0.15) is 5.26 Å². The Morgan fingerprint density at radius 3 is 2.83 bits per heavy atom. The summed E-state index contributed by atoms with van der Waals surface area (Å²) < 4.78 is 5.60. The highest BCUT2D eigenvalue weighted by Gasteiger charge is 2.05. The zero-order chi connectivity index (χ0) is 16.5. The molecule has 0 spiro atoms. The minimum atomic E-state index is -0.362. The number of nitrogens with zero attached hydrogens (tertiary/aromatic N) is 1. The van der Waals surface area contributed by atoms with Gasteiger partial charge in [-0.3, -0.25) is 0 Å². The molecular weight excluding hydrogens is 290 g/mol. The van der Waals surface area contributed by atoms with Gasteiger partial charge in [0.25, 0.3) is 0 Å². The topological polar surface area (TPSA) is 74.2 Å². The lowest BCUT2D eigenvalue weighted by molar-refractivity contribution is 0.247.